The molecule has 2 fully saturated rings. The average molecular weight is 465 g/mol. The molecule has 0 saturated carbocycles. The van der Waals surface area contributed by atoms with Crippen LogP contribution in [0.5, 0.6) is 0 Å². The Kier molecular flexibility index (Phi) is 6.10. The van der Waals surface area contributed by atoms with Crippen molar-refractivity contribution in [3.8, 4) is 0 Å². The molecule has 9 nitrogen and oxygen atoms in total. The molecule has 4 rings (SSSR count). The summed E-state index contributed by atoms with van der Waals surface area (Å²) in [4.78, 5) is 12.5. The third-order valence-corrected chi connectivity index (χ3v) is 7.14. The SMILES string of the molecule is C[C@H]1COC(C)(C)CN1c1nc(Nc2ccc(S(=O)(=O)NC3CN(C)C3)cc2)ncc1F. The topological polar surface area (TPSA) is 99.7 Å². The van der Waals surface area contributed by atoms with Gasteiger partial charge < -0.3 is 19.9 Å². The van der Waals surface area contributed by atoms with E-state index in [9.17, 15) is 12.8 Å². The van der Waals surface area contributed by atoms with Gasteiger partial charge in [-0.25, -0.2) is 22.5 Å². The molecule has 2 aliphatic rings. The van der Waals surface area contributed by atoms with Crippen molar-refractivity contribution in [3.63, 3.8) is 0 Å². The largest absolute Gasteiger partial charge is 0.372 e. The van der Waals surface area contributed by atoms with E-state index in [0.29, 0.717) is 31.9 Å². The molecular formula is C21H29FN6O3S. The van der Waals surface area contributed by atoms with Crippen molar-refractivity contribution >= 4 is 27.5 Å². The number of aromatic nitrogens is 2. The summed E-state index contributed by atoms with van der Waals surface area (Å²) in [5.74, 6) is -0.0707. The molecule has 2 aliphatic heterocycles. The predicted octanol–water partition coefficient (Wildman–Crippen LogP) is 1.96. The summed E-state index contributed by atoms with van der Waals surface area (Å²) in [6.07, 6.45) is 1.14. The van der Waals surface area contributed by atoms with Gasteiger partial charge in [0.25, 0.3) is 0 Å². The second kappa shape index (κ2) is 8.54. The van der Waals surface area contributed by atoms with Gasteiger partial charge in [-0.05, 0) is 52.1 Å². The standard InChI is InChI=1S/C21H29FN6O3S/c1-14-12-31-21(2,3)13-28(14)19-18(22)9-23-20(25-19)24-15-5-7-17(8-6-15)32(29,30)26-16-10-27(4)11-16/h5-9,14,16,26H,10-13H2,1-4H3,(H,23,24,25)/t14-/m0/s1. The number of hydrogen-bond donors (Lipinski definition) is 2. The van der Waals surface area contributed by atoms with Crippen molar-refractivity contribution in [1.29, 1.82) is 0 Å². The van der Waals surface area contributed by atoms with E-state index in [1.165, 1.54) is 12.1 Å². The number of halogens is 1. The molecule has 0 radical (unpaired) electrons. The minimum atomic E-state index is -3.58. The van der Waals surface area contributed by atoms with Crippen LogP contribution < -0.4 is 14.9 Å². The Bertz CT molecular complexity index is 1070. The highest BCUT2D eigenvalue weighted by molar-refractivity contribution is 7.89. The van der Waals surface area contributed by atoms with Crippen molar-refractivity contribution in [2.45, 2.75) is 43.4 Å². The number of hydrogen-bond acceptors (Lipinski definition) is 8. The number of rotatable bonds is 6. The molecule has 0 spiro atoms. The summed E-state index contributed by atoms with van der Waals surface area (Å²) in [7, 11) is -1.64. The molecule has 174 valence electrons. The van der Waals surface area contributed by atoms with Crippen LogP contribution in [0, 0.1) is 5.82 Å². The van der Waals surface area contributed by atoms with E-state index in [1.54, 1.807) is 12.1 Å². The van der Waals surface area contributed by atoms with Gasteiger partial charge in [0, 0.05) is 31.4 Å². The van der Waals surface area contributed by atoms with Crippen LogP contribution in [0.15, 0.2) is 35.4 Å². The lowest BCUT2D eigenvalue weighted by molar-refractivity contribution is -0.0425. The number of anilines is 3. The maximum Gasteiger partial charge on any atom is 0.240 e. The van der Waals surface area contributed by atoms with Crippen molar-refractivity contribution in [2.75, 3.05) is 43.5 Å². The molecule has 2 N–H and O–H groups in total. The van der Waals surface area contributed by atoms with Gasteiger partial charge in [0.05, 0.1) is 29.3 Å². The monoisotopic (exact) mass is 464 g/mol. The molecule has 1 atom stereocenters. The fourth-order valence-electron chi connectivity index (χ4n) is 3.86. The smallest absolute Gasteiger partial charge is 0.240 e. The molecule has 32 heavy (non-hydrogen) atoms. The Morgan fingerprint density at radius 3 is 2.56 bits per heavy atom. The third kappa shape index (κ3) is 5.01. The van der Waals surface area contributed by atoms with E-state index in [1.807, 2.05) is 37.6 Å². The van der Waals surface area contributed by atoms with Crippen LogP contribution in [0.1, 0.15) is 20.8 Å². The highest BCUT2D eigenvalue weighted by atomic mass is 32.2. The zero-order valence-electron chi connectivity index (χ0n) is 18.7. The minimum absolute atomic E-state index is 0.0345. The van der Waals surface area contributed by atoms with Gasteiger partial charge in [-0.3, -0.25) is 0 Å². The average Bonchev–Trinajstić information content (AvgIpc) is 2.70. The van der Waals surface area contributed by atoms with E-state index in [0.717, 1.165) is 6.20 Å². The number of ether oxygens (including phenoxy) is 1. The molecule has 11 heteroatoms. The minimum Gasteiger partial charge on any atom is -0.372 e. The first-order valence-electron chi connectivity index (χ1n) is 10.5. The molecule has 0 bridgehead atoms. The molecule has 1 aromatic carbocycles. The quantitative estimate of drug-likeness (QED) is 0.669. The summed E-state index contributed by atoms with van der Waals surface area (Å²) < 4.78 is 48.1. The van der Waals surface area contributed by atoms with Crippen LogP contribution in [0.3, 0.4) is 0 Å². The number of nitrogens with one attached hydrogen (secondary N) is 2. The summed E-state index contributed by atoms with van der Waals surface area (Å²) >= 11 is 0. The van der Waals surface area contributed by atoms with Crippen LogP contribution in [0.25, 0.3) is 0 Å². The first kappa shape index (κ1) is 22.8. The van der Waals surface area contributed by atoms with Crippen LogP contribution in [-0.4, -0.2) is 74.3 Å². The molecule has 0 aliphatic carbocycles. The molecular weight excluding hydrogens is 435 g/mol. The Hall–Kier alpha value is -2.34. The van der Waals surface area contributed by atoms with Gasteiger partial charge in [0.2, 0.25) is 16.0 Å². The summed E-state index contributed by atoms with van der Waals surface area (Å²) in [5, 5.41) is 3.03. The lowest BCUT2D eigenvalue weighted by atomic mass is 10.0. The Balaban J connectivity index is 1.48. The highest BCUT2D eigenvalue weighted by Gasteiger charge is 2.34. The van der Waals surface area contributed by atoms with Crippen LogP contribution in [0.4, 0.5) is 21.8 Å². The Morgan fingerprint density at radius 2 is 1.91 bits per heavy atom. The number of benzene rings is 1. The first-order chi connectivity index (χ1) is 15.0. The van der Waals surface area contributed by atoms with E-state index in [2.05, 4.69) is 20.0 Å². The predicted molar refractivity (Wildman–Crippen MR) is 120 cm³/mol. The van der Waals surface area contributed by atoms with Crippen molar-refractivity contribution in [1.82, 2.24) is 19.6 Å². The lowest BCUT2D eigenvalue weighted by Gasteiger charge is -2.43. The number of morpholine rings is 1. The van der Waals surface area contributed by atoms with E-state index in [-0.39, 0.29) is 28.7 Å². The molecule has 3 heterocycles. The van der Waals surface area contributed by atoms with Gasteiger partial charge in [-0.2, -0.15) is 4.98 Å². The first-order valence-corrected chi connectivity index (χ1v) is 12.0. The van der Waals surface area contributed by atoms with E-state index >= 15 is 0 Å². The maximum absolute atomic E-state index is 14.6. The highest BCUT2D eigenvalue weighted by Crippen LogP contribution is 2.28. The van der Waals surface area contributed by atoms with Gasteiger partial charge in [0.15, 0.2) is 11.6 Å². The fourth-order valence-corrected chi connectivity index (χ4v) is 5.08. The molecule has 2 saturated heterocycles. The van der Waals surface area contributed by atoms with Crippen LogP contribution in [-0.2, 0) is 14.8 Å². The second-order valence-corrected chi connectivity index (χ2v) is 10.8. The summed E-state index contributed by atoms with van der Waals surface area (Å²) in [6, 6.07) is 6.20. The molecule has 0 unspecified atom stereocenters. The van der Waals surface area contributed by atoms with Gasteiger partial charge in [0.1, 0.15) is 0 Å². The molecule has 2 aromatic rings. The number of nitrogens with zero attached hydrogens (tertiary/aromatic N) is 4. The molecule has 0 amide bonds. The van der Waals surface area contributed by atoms with Crippen molar-refractivity contribution < 1.29 is 17.5 Å². The summed E-state index contributed by atoms with van der Waals surface area (Å²) in [5.41, 5.74) is 0.183. The van der Waals surface area contributed by atoms with Crippen molar-refractivity contribution in [3.05, 3.63) is 36.3 Å². The summed E-state index contributed by atoms with van der Waals surface area (Å²) in [6.45, 7) is 8.23. The normalized spacial score (nSPS) is 21.9. The Morgan fingerprint density at radius 1 is 1.22 bits per heavy atom. The zero-order valence-corrected chi connectivity index (χ0v) is 19.5. The third-order valence-electron chi connectivity index (χ3n) is 5.60. The Labute approximate surface area is 188 Å². The zero-order chi connectivity index (χ0) is 23.1. The van der Waals surface area contributed by atoms with E-state index in [4.69, 9.17) is 4.74 Å². The second-order valence-electron chi connectivity index (χ2n) is 9.10. The van der Waals surface area contributed by atoms with Gasteiger partial charge in [-0.1, -0.05) is 0 Å². The van der Waals surface area contributed by atoms with Crippen LogP contribution in [0.2, 0.25) is 0 Å². The van der Waals surface area contributed by atoms with E-state index < -0.39 is 21.4 Å². The maximum atomic E-state index is 14.6. The number of likely N-dealkylation sites (tertiary alicyclic amines) is 1. The lowest BCUT2D eigenvalue weighted by Crippen LogP contribution is -2.57. The number of likely N-dealkylation sites (N-methyl/N-ethyl adjacent to an activating group) is 1. The van der Waals surface area contributed by atoms with Crippen LogP contribution >= 0.6 is 0 Å². The molecule has 1 aromatic heterocycles. The van der Waals surface area contributed by atoms with Crippen molar-refractivity contribution in [2.24, 2.45) is 0 Å². The number of sulfonamides is 1. The van der Waals surface area contributed by atoms with Gasteiger partial charge in [-0.15, -0.1) is 0 Å². The van der Waals surface area contributed by atoms with Gasteiger partial charge >= 0.3 is 0 Å². The fraction of sp³-hybridized carbons (Fsp3) is 0.524.